The molecule has 0 atom stereocenters. The minimum atomic E-state index is -0.502. The van der Waals surface area contributed by atoms with E-state index >= 15 is 0 Å². The Hall–Kier alpha value is -3.74. The molecule has 0 amide bonds. The molecule has 2 heterocycles. The maximum atomic E-state index is 14.6. The molecular weight excluding hydrogens is 373 g/mol. The summed E-state index contributed by atoms with van der Waals surface area (Å²) in [6.07, 6.45) is 3.28. The third kappa shape index (κ3) is 3.67. The Bertz CT molecular complexity index is 1240. The van der Waals surface area contributed by atoms with Crippen molar-refractivity contribution in [2.75, 3.05) is 12.4 Å². The van der Waals surface area contributed by atoms with Crippen molar-refractivity contribution in [3.63, 3.8) is 0 Å². The van der Waals surface area contributed by atoms with Gasteiger partial charge in [0.2, 0.25) is 0 Å². The largest absolute Gasteiger partial charge is 0.424 e. The van der Waals surface area contributed by atoms with E-state index in [0.29, 0.717) is 28.1 Å². The number of hydrogen-bond acceptors (Lipinski definition) is 6. The van der Waals surface area contributed by atoms with Crippen LogP contribution in [0.15, 0.2) is 64.1 Å². The fraction of sp³-hybridized carbons (Fsp3) is 0.136. The summed E-state index contributed by atoms with van der Waals surface area (Å²) in [7, 11) is 1.65. The Kier molecular flexibility index (Phi) is 4.95. The fourth-order valence-corrected chi connectivity index (χ4v) is 3.19. The molecule has 29 heavy (non-hydrogen) atoms. The second-order valence-corrected chi connectivity index (χ2v) is 6.49. The van der Waals surface area contributed by atoms with Crippen LogP contribution in [0.3, 0.4) is 0 Å². The molecule has 146 valence electrons. The number of aromatic nitrogens is 2. The number of rotatable bonds is 5. The third-order valence-electron chi connectivity index (χ3n) is 4.73. The van der Waals surface area contributed by atoms with Crippen molar-refractivity contribution in [1.82, 2.24) is 9.97 Å². The van der Waals surface area contributed by atoms with Crippen molar-refractivity contribution in [3.05, 3.63) is 87.8 Å². The average molecular weight is 391 g/mol. The van der Waals surface area contributed by atoms with Crippen LogP contribution in [0.2, 0.25) is 0 Å². The smallest absolute Gasteiger partial charge is 0.340 e. The topological polar surface area (TPSA) is 77.2 Å². The molecule has 0 spiro atoms. The molecule has 7 heteroatoms. The van der Waals surface area contributed by atoms with E-state index in [0.717, 1.165) is 10.9 Å². The van der Waals surface area contributed by atoms with E-state index in [-0.39, 0.29) is 18.2 Å². The van der Waals surface area contributed by atoms with E-state index in [4.69, 9.17) is 9.15 Å². The molecule has 4 rings (SSSR count). The highest BCUT2D eigenvalue weighted by Gasteiger charge is 2.16. The summed E-state index contributed by atoms with van der Waals surface area (Å²) in [5.41, 5.74) is 1.85. The first-order chi connectivity index (χ1) is 14.1. The molecule has 6 nitrogen and oxygen atoms in total. The molecule has 0 aliphatic heterocycles. The highest BCUT2D eigenvalue weighted by Crippen LogP contribution is 2.28. The summed E-state index contributed by atoms with van der Waals surface area (Å²) in [5.74, 6) is 0.0762. The molecule has 0 radical (unpaired) electrons. The Balaban J connectivity index is 1.72. The number of nitrogens with one attached hydrogen (secondary N) is 1. The van der Waals surface area contributed by atoms with Gasteiger partial charge in [0.15, 0.2) is 0 Å². The van der Waals surface area contributed by atoms with Crippen LogP contribution >= 0.6 is 0 Å². The summed E-state index contributed by atoms with van der Waals surface area (Å²) >= 11 is 0. The third-order valence-corrected chi connectivity index (χ3v) is 4.73. The molecule has 0 aliphatic rings. The first-order valence-corrected chi connectivity index (χ1v) is 9.03. The Morgan fingerprint density at radius 2 is 1.93 bits per heavy atom. The van der Waals surface area contributed by atoms with Crippen molar-refractivity contribution in [3.8, 4) is 11.8 Å². The lowest BCUT2D eigenvalue weighted by Gasteiger charge is -2.11. The fourth-order valence-electron chi connectivity index (χ4n) is 3.19. The van der Waals surface area contributed by atoms with E-state index in [1.165, 1.54) is 0 Å². The van der Waals surface area contributed by atoms with E-state index < -0.39 is 5.63 Å². The zero-order valence-electron chi connectivity index (χ0n) is 15.9. The van der Waals surface area contributed by atoms with Gasteiger partial charge in [-0.25, -0.2) is 19.2 Å². The van der Waals surface area contributed by atoms with Crippen molar-refractivity contribution in [2.45, 2.75) is 13.3 Å². The van der Waals surface area contributed by atoms with Crippen molar-refractivity contribution >= 4 is 16.7 Å². The van der Waals surface area contributed by atoms with Crippen LogP contribution in [0.4, 0.5) is 10.1 Å². The van der Waals surface area contributed by atoms with Crippen LogP contribution in [0.1, 0.15) is 16.7 Å². The Labute approximate surface area is 166 Å². The van der Waals surface area contributed by atoms with Gasteiger partial charge in [0.1, 0.15) is 17.1 Å². The van der Waals surface area contributed by atoms with Crippen molar-refractivity contribution in [1.29, 1.82) is 0 Å². The molecule has 0 saturated carbocycles. The summed E-state index contributed by atoms with van der Waals surface area (Å²) in [4.78, 5) is 20.6. The lowest BCUT2D eigenvalue weighted by Crippen LogP contribution is -2.12. The molecule has 0 saturated heterocycles. The molecule has 1 N–H and O–H groups in total. The monoisotopic (exact) mass is 391 g/mol. The molecule has 0 fully saturated rings. The number of aryl methyl sites for hydroxylation is 1. The second-order valence-electron chi connectivity index (χ2n) is 6.49. The van der Waals surface area contributed by atoms with Gasteiger partial charge in [-0.2, -0.15) is 0 Å². The maximum Gasteiger partial charge on any atom is 0.340 e. The quantitative estimate of drug-likeness (QED) is 0.506. The molecule has 0 unspecified atom stereocenters. The van der Waals surface area contributed by atoms with Gasteiger partial charge in [0.25, 0.3) is 0 Å². The molecule has 4 aromatic rings. The first-order valence-electron chi connectivity index (χ1n) is 9.03. The van der Waals surface area contributed by atoms with Gasteiger partial charge in [0, 0.05) is 42.9 Å². The standard InChI is InChI=1S/C22H18FN3O3/c1-13-16-8-7-15(28-22-25-9-4-10-26-22)12-19(16)29-21(27)17(13)11-14-5-3-6-18(24-2)20(14)23/h3-10,12,24H,11H2,1-2H3. The predicted octanol–water partition coefficient (Wildman–Crippen LogP) is 4.46. The van der Waals surface area contributed by atoms with Gasteiger partial charge in [-0.3, -0.25) is 0 Å². The van der Waals surface area contributed by atoms with Crippen molar-refractivity contribution < 1.29 is 13.5 Å². The number of nitrogens with zero attached hydrogens (tertiary/aromatic N) is 2. The first kappa shape index (κ1) is 18.6. The zero-order chi connectivity index (χ0) is 20.4. The number of halogens is 1. The second kappa shape index (κ2) is 7.71. The van der Waals surface area contributed by atoms with Crippen LogP contribution in [-0.2, 0) is 6.42 Å². The van der Waals surface area contributed by atoms with Gasteiger partial charge < -0.3 is 14.5 Å². The zero-order valence-corrected chi connectivity index (χ0v) is 15.9. The van der Waals surface area contributed by atoms with E-state index in [1.54, 1.807) is 61.9 Å². The normalized spacial score (nSPS) is 10.9. The molecule has 0 aliphatic carbocycles. The van der Waals surface area contributed by atoms with Crippen LogP contribution in [-0.4, -0.2) is 17.0 Å². The Morgan fingerprint density at radius 1 is 1.14 bits per heavy atom. The number of benzene rings is 2. The van der Waals surface area contributed by atoms with Gasteiger partial charge in [0.05, 0.1) is 5.69 Å². The number of anilines is 1. The summed E-state index contributed by atoms with van der Waals surface area (Å²) in [5, 5.41) is 3.56. The van der Waals surface area contributed by atoms with Crippen LogP contribution in [0, 0.1) is 12.7 Å². The number of fused-ring (bicyclic) bond motifs is 1. The molecule has 2 aromatic heterocycles. The summed E-state index contributed by atoms with van der Waals surface area (Å²) in [6.45, 7) is 1.83. The SMILES string of the molecule is CNc1cccc(Cc2c(C)c3ccc(Oc4ncccn4)cc3oc2=O)c1F. The molecule has 2 aromatic carbocycles. The van der Waals surface area contributed by atoms with Crippen LogP contribution < -0.4 is 15.7 Å². The number of hydrogen-bond donors (Lipinski definition) is 1. The lowest BCUT2D eigenvalue weighted by atomic mass is 9.99. The van der Waals surface area contributed by atoms with Gasteiger partial charge >= 0.3 is 11.6 Å². The minimum Gasteiger partial charge on any atom is -0.424 e. The van der Waals surface area contributed by atoms with E-state index in [1.807, 2.05) is 6.92 Å². The predicted molar refractivity (Wildman–Crippen MR) is 108 cm³/mol. The van der Waals surface area contributed by atoms with Crippen LogP contribution in [0.25, 0.3) is 11.0 Å². The molecule has 0 bridgehead atoms. The van der Waals surface area contributed by atoms with Gasteiger partial charge in [-0.1, -0.05) is 12.1 Å². The average Bonchev–Trinajstić information content (AvgIpc) is 2.73. The van der Waals surface area contributed by atoms with E-state index in [9.17, 15) is 9.18 Å². The van der Waals surface area contributed by atoms with Gasteiger partial charge in [-0.05, 0) is 42.3 Å². The summed E-state index contributed by atoms with van der Waals surface area (Å²) in [6, 6.07) is 12.1. The molecular formula is C22H18FN3O3. The van der Waals surface area contributed by atoms with Crippen LogP contribution in [0.5, 0.6) is 11.8 Å². The highest BCUT2D eigenvalue weighted by molar-refractivity contribution is 5.82. The Morgan fingerprint density at radius 3 is 2.69 bits per heavy atom. The summed E-state index contributed by atoms with van der Waals surface area (Å²) < 4.78 is 25.7. The lowest BCUT2D eigenvalue weighted by molar-refractivity contribution is 0.440. The van der Waals surface area contributed by atoms with E-state index in [2.05, 4.69) is 15.3 Å². The maximum absolute atomic E-state index is 14.6. The number of ether oxygens (including phenoxy) is 1. The highest BCUT2D eigenvalue weighted by atomic mass is 19.1. The minimum absolute atomic E-state index is 0.140. The van der Waals surface area contributed by atoms with Crippen molar-refractivity contribution in [2.24, 2.45) is 0 Å². The van der Waals surface area contributed by atoms with Gasteiger partial charge in [-0.15, -0.1) is 0 Å².